The molecule has 1 atom stereocenters. The second kappa shape index (κ2) is 5.31. The third-order valence-corrected chi connectivity index (χ3v) is 6.38. The predicted octanol–water partition coefficient (Wildman–Crippen LogP) is 4.43. The summed E-state index contributed by atoms with van der Waals surface area (Å²) in [5, 5.41) is 9.85. The average molecular weight is 285 g/mol. The molecule has 1 aromatic rings. The van der Waals surface area contributed by atoms with Gasteiger partial charge in [-0.3, -0.25) is 4.90 Å². The van der Waals surface area contributed by atoms with Gasteiger partial charge in [-0.1, -0.05) is 18.9 Å². The van der Waals surface area contributed by atoms with Gasteiger partial charge in [-0.15, -0.1) is 0 Å². The Bertz CT molecular complexity index is 508. The molecule has 1 heterocycles. The lowest BCUT2D eigenvalue weighted by Gasteiger charge is -2.44. The van der Waals surface area contributed by atoms with Gasteiger partial charge in [-0.05, 0) is 86.7 Å². The molecule has 0 radical (unpaired) electrons. The maximum Gasteiger partial charge on any atom is 0.115 e. The molecule has 1 spiro atoms. The number of phenols is 1. The second-order valence-corrected chi connectivity index (χ2v) is 7.53. The minimum Gasteiger partial charge on any atom is -0.508 e. The Hall–Kier alpha value is -1.02. The summed E-state index contributed by atoms with van der Waals surface area (Å²) in [6, 6.07) is 6.57. The molecule has 2 fully saturated rings. The molecule has 4 rings (SSSR count). The molecule has 1 N–H and O–H groups in total. The summed E-state index contributed by atoms with van der Waals surface area (Å²) >= 11 is 0. The number of benzene rings is 1. The van der Waals surface area contributed by atoms with Crippen LogP contribution in [0.1, 0.15) is 68.5 Å². The van der Waals surface area contributed by atoms with E-state index in [0.717, 1.165) is 0 Å². The fourth-order valence-corrected chi connectivity index (χ4v) is 5.08. The van der Waals surface area contributed by atoms with Crippen molar-refractivity contribution in [2.75, 3.05) is 13.1 Å². The second-order valence-electron chi connectivity index (χ2n) is 7.53. The van der Waals surface area contributed by atoms with E-state index in [9.17, 15) is 5.11 Å². The van der Waals surface area contributed by atoms with Crippen LogP contribution in [-0.4, -0.2) is 23.1 Å². The fourth-order valence-electron chi connectivity index (χ4n) is 5.08. The number of rotatable bonds is 1. The SMILES string of the molecule is Oc1ccc2c(c1)C(N1CCC3(CCCC3)CC1)CCC2. The van der Waals surface area contributed by atoms with Crippen LogP contribution in [0.5, 0.6) is 5.75 Å². The number of aryl methyl sites for hydroxylation is 1. The van der Waals surface area contributed by atoms with Gasteiger partial charge in [-0.25, -0.2) is 0 Å². The molecule has 2 heteroatoms. The Balaban J connectivity index is 1.52. The van der Waals surface area contributed by atoms with Crippen molar-refractivity contribution in [2.45, 2.75) is 63.8 Å². The Kier molecular flexibility index (Phi) is 3.45. The lowest BCUT2D eigenvalue weighted by Crippen LogP contribution is -2.41. The zero-order valence-corrected chi connectivity index (χ0v) is 13.0. The van der Waals surface area contributed by atoms with Gasteiger partial charge < -0.3 is 5.11 Å². The summed E-state index contributed by atoms with van der Waals surface area (Å²) in [7, 11) is 0. The lowest BCUT2D eigenvalue weighted by atomic mass is 9.76. The van der Waals surface area contributed by atoms with Crippen molar-refractivity contribution in [3.8, 4) is 5.75 Å². The lowest BCUT2D eigenvalue weighted by molar-refractivity contribution is 0.0689. The van der Waals surface area contributed by atoms with E-state index in [1.807, 2.05) is 12.1 Å². The minimum absolute atomic E-state index is 0.435. The standard InChI is InChI=1S/C19H27NO/c21-16-7-6-15-4-3-5-18(17(15)14-16)20-12-10-19(11-13-20)8-1-2-9-19/h6-7,14,18,21H,1-5,8-13H2. The Labute approximate surface area is 128 Å². The molecular weight excluding hydrogens is 258 g/mol. The van der Waals surface area contributed by atoms with E-state index in [1.54, 1.807) is 0 Å². The predicted molar refractivity (Wildman–Crippen MR) is 85.5 cm³/mol. The molecule has 0 amide bonds. The molecule has 114 valence electrons. The number of hydrogen-bond donors (Lipinski definition) is 1. The van der Waals surface area contributed by atoms with Crippen LogP contribution in [0.4, 0.5) is 0 Å². The van der Waals surface area contributed by atoms with Crippen LogP contribution in [0.25, 0.3) is 0 Å². The van der Waals surface area contributed by atoms with Gasteiger partial charge in [0.2, 0.25) is 0 Å². The van der Waals surface area contributed by atoms with E-state index in [0.29, 0.717) is 17.2 Å². The van der Waals surface area contributed by atoms with Gasteiger partial charge >= 0.3 is 0 Å². The summed E-state index contributed by atoms with van der Waals surface area (Å²) in [5.41, 5.74) is 3.57. The number of fused-ring (bicyclic) bond motifs is 1. The van der Waals surface area contributed by atoms with Crippen molar-refractivity contribution >= 4 is 0 Å². The number of nitrogens with zero attached hydrogens (tertiary/aromatic N) is 1. The summed E-state index contributed by atoms with van der Waals surface area (Å²) in [5.74, 6) is 0.435. The quantitative estimate of drug-likeness (QED) is 0.825. The number of phenolic OH excluding ortho intramolecular Hbond substituents is 1. The first-order valence-electron chi connectivity index (χ1n) is 8.82. The van der Waals surface area contributed by atoms with Gasteiger partial charge in [-0.2, -0.15) is 0 Å². The maximum atomic E-state index is 9.85. The molecule has 3 aliphatic rings. The highest BCUT2D eigenvalue weighted by atomic mass is 16.3. The Morgan fingerprint density at radius 1 is 1.00 bits per heavy atom. The Morgan fingerprint density at radius 3 is 2.52 bits per heavy atom. The molecule has 0 aromatic heterocycles. The highest BCUT2D eigenvalue weighted by molar-refractivity contribution is 5.38. The van der Waals surface area contributed by atoms with Crippen molar-refractivity contribution in [1.82, 2.24) is 4.90 Å². The first-order chi connectivity index (χ1) is 10.3. The highest BCUT2D eigenvalue weighted by Crippen LogP contribution is 2.48. The summed E-state index contributed by atoms with van der Waals surface area (Å²) in [6.07, 6.45) is 12.4. The van der Waals surface area contributed by atoms with Crippen LogP contribution in [0.15, 0.2) is 18.2 Å². The molecule has 1 aliphatic heterocycles. The van der Waals surface area contributed by atoms with Gasteiger partial charge in [0, 0.05) is 6.04 Å². The Morgan fingerprint density at radius 2 is 1.76 bits per heavy atom. The molecular formula is C19H27NO. The van der Waals surface area contributed by atoms with Crippen molar-refractivity contribution in [2.24, 2.45) is 5.41 Å². The number of likely N-dealkylation sites (tertiary alicyclic amines) is 1. The summed E-state index contributed by atoms with van der Waals surface area (Å²) in [4.78, 5) is 2.71. The van der Waals surface area contributed by atoms with Crippen molar-refractivity contribution in [3.63, 3.8) is 0 Å². The molecule has 1 unspecified atom stereocenters. The van der Waals surface area contributed by atoms with E-state index in [4.69, 9.17) is 0 Å². The molecule has 0 bridgehead atoms. The van der Waals surface area contributed by atoms with Crippen LogP contribution in [0.3, 0.4) is 0 Å². The molecule has 21 heavy (non-hydrogen) atoms. The van der Waals surface area contributed by atoms with Crippen LogP contribution in [0, 0.1) is 5.41 Å². The van der Waals surface area contributed by atoms with Gasteiger partial charge in [0.25, 0.3) is 0 Å². The maximum absolute atomic E-state index is 9.85. The smallest absolute Gasteiger partial charge is 0.115 e. The van der Waals surface area contributed by atoms with Crippen molar-refractivity contribution in [1.29, 1.82) is 0 Å². The normalized spacial score (nSPS) is 28.7. The van der Waals surface area contributed by atoms with E-state index >= 15 is 0 Å². The van der Waals surface area contributed by atoms with E-state index in [-0.39, 0.29) is 0 Å². The van der Waals surface area contributed by atoms with Crippen molar-refractivity contribution in [3.05, 3.63) is 29.3 Å². The van der Waals surface area contributed by atoms with E-state index < -0.39 is 0 Å². The van der Waals surface area contributed by atoms with Crippen LogP contribution >= 0.6 is 0 Å². The van der Waals surface area contributed by atoms with Gasteiger partial charge in [0.15, 0.2) is 0 Å². The summed E-state index contributed by atoms with van der Waals surface area (Å²) < 4.78 is 0. The molecule has 2 aliphatic carbocycles. The fraction of sp³-hybridized carbons (Fsp3) is 0.684. The molecule has 1 aromatic carbocycles. The third kappa shape index (κ3) is 2.48. The van der Waals surface area contributed by atoms with E-state index in [1.165, 1.54) is 82.0 Å². The topological polar surface area (TPSA) is 23.5 Å². The number of aromatic hydroxyl groups is 1. The first kappa shape index (κ1) is 13.6. The van der Waals surface area contributed by atoms with Crippen LogP contribution in [0.2, 0.25) is 0 Å². The zero-order chi connectivity index (χ0) is 14.3. The number of piperidine rings is 1. The van der Waals surface area contributed by atoms with Crippen LogP contribution < -0.4 is 0 Å². The monoisotopic (exact) mass is 285 g/mol. The van der Waals surface area contributed by atoms with Gasteiger partial charge in [0.05, 0.1) is 0 Å². The third-order valence-electron chi connectivity index (χ3n) is 6.38. The molecule has 1 saturated carbocycles. The summed E-state index contributed by atoms with van der Waals surface area (Å²) in [6.45, 7) is 2.53. The average Bonchev–Trinajstić information content (AvgIpc) is 2.96. The zero-order valence-electron chi connectivity index (χ0n) is 13.0. The number of hydrogen-bond acceptors (Lipinski definition) is 2. The molecule has 1 saturated heterocycles. The molecule has 2 nitrogen and oxygen atoms in total. The minimum atomic E-state index is 0.435. The largest absolute Gasteiger partial charge is 0.508 e. The first-order valence-corrected chi connectivity index (χ1v) is 8.82. The van der Waals surface area contributed by atoms with Crippen molar-refractivity contribution < 1.29 is 5.11 Å². The van der Waals surface area contributed by atoms with Gasteiger partial charge in [0.1, 0.15) is 5.75 Å². The van der Waals surface area contributed by atoms with E-state index in [2.05, 4.69) is 11.0 Å². The van der Waals surface area contributed by atoms with Crippen LogP contribution in [-0.2, 0) is 6.42 Å². The highest BCUT2D eigenvalue weighted by Gasteiger charge is 2.39.